The summed E-state index contributed by atoms with van der Waals surface area (Å²) in [6.45, 7) is 0.337. The van der Waals surface area contributed by atoms with Crippen molar-refractivity contribution in [2.75, 3.05) is 18.6 Å². The summed E-state index contributed by atoms with van der Waals surface area (Å²) in [4.78, 5) is 12.7. The Labute approximate surface area is 168 Å². The maximum Gasteiger partial charge on any atom is 0.272 e. The molecule has 0 radical (unpaired) electrons. The number of carbonyl (C=O) groups is 1. The lowest BCUT2D eigenvalue weighted by Gasteiger charge is -2.11. The monoisotopic (exact) mass is 415 g/mol. The molecule has 1 atom stereocenters. The van der Waals surface area contributed by atoms with Crippen LogP contribution in [0.1, 0.15) is 28.5 Å². The van der Waals surface area contributed by atoms with Crippen LogP contribution in [0.4, 0.5) is 0 Å². The van der Waals surface area contributed by atoms with Gasteiger partial charge in [0.25, 0.3) is 5.91 Å². The molecule has 1 fully saturated rings. The van der Waals surface area contributed by atoms with E-state index in [2.05, 4.69) is 10.4 Å². The zero-order valence-electron chi connectivity index (χ0n) is 15.9. The quantitative estimate of drug-likeness (QED) is 0.663. The number of amides is 1. The summed E-state index contributed by atoms with van der Waals surface area (Å²) in [6, 6.07) is 12.2. The van der Waals surface area contributed by atoms with Gasteiger partial charge in [-0.05, 0) is 36.2 Å². The second-order valence-electron chi connectivity index (χ2n) is 6.92. The second kappa shape index (κ2) is 7.75. The van der Waals surface area contributed by atoms with Crippen LogP contribution >= 0.6 is 0 Å². The number of sulfone groups is 1. The van der Waals surface area contributed by atoms with E-state index in [-0.39, 0.29) is 29.1 Å². The van der Waals surface area contributed by atoms with Gasteiger partial charge in [-0.15, -0.1) is 0 Å². The summed E-state index contributed by atoms with van der Waals surface area (Å²) >= 11 is 0. The van der Waals surface area contributed by atoms with Gasteiger partial charge < -0.3 is 14.5 Å². The summed E-state index contributed by atoms with van der Waals surface area (Å²) in [5.41, 5.74) is 1.73. The number of aromatic nitrogens is 2. The first-order valence-electron chi connectivity index (χ1n) is 9.20. The largest absolute Gasteiger partial charge is 0.497 e. The first kappa shape index (κ1) is 19.3. The van der Waals surface area contributed by atoms with Crippen molar-refractivity contribution in [3.8, 4) is 17.2 Å². The van der Waals surface area contributed by atoms with Crippen LogP contribution in [-0.2, 0) is 16.4 Å². The number of rotatable bonds is 6. The zero-order valence-corrected chi connectivity index (χ0v) is 16.7. The lowest BCUT2D eigenvalue weighted by Crippen LogP contribution is -2.24. The van der Waals surface area contributed by atoms with Crippen molar-refractivity contribution in [3.63, 3.8) is 0 Å². The highest BCUT2D eigenvalue weighted by atomic mass is 32.2. The SMILES string of the molecule is COc1ccc(CNC(=O)c2cc(-c3ccco3)n(C3CCS(=O)(=O)C3)n2)cc1. The molecule has 9 heteroatoms. The number of nitrogens with zero attached hydrogens (tertiary/aromatic N) is 2. The van der Waals surface area contributed by atoms with Crippen LogP contribution < -0.4 is 10.1 Å². The number of benzene rings is 1. The van der Waals surface area contributed by atoms with Gasteiger partial charge in [0.15, 0.2) is 21.3 Å². The average Bonchev–Trinajstić information content (AvgIpc) is 3.45. The number of furan rings is 1. The van der Waals surface area contributed by atoms with Gasteiger partial charge in [-0.2, -0.15) is 5.10 Å². The molecule has 3 heterocycles. The van der Waals surface area contributed by atoms with Crippen LogP contribution in [-0.4, -0.2) is 42.7 Å². The predicted molar refractivity (Wildman–Crippen MR) is 106 cm³/mol. The molecule has 0 saturated carbocycles. The van der Waals surface area contributed by atoms with Crippen molar-refractivity contribution in [1.29, 1.82) is 0 Å². The van der Waals surface area contributed by atoms with Crippen LogP contribution in [0.3, 0.4) is 0 Å². The fourth-order valence-electron chi connectivity index (χ4n) is 3.38. The Morgan fingerprint density at radius 3 is 2.72 bits per heavy atom. The molecule has 3 aromatic rings. The number of hydrogen-bond acceptors (Lipinski definition) is 6. The Morgan fingerprint density at radius 1 is 1.31 bits per heavy atom. The minimum absolute atomic E-state index is 0.00922. The molecule has 1 aliphatic heterocycles. The van der Waals surface area contributed by atoms with Gasteiger partial charge in [-0.1, -0.05) is 12.1 Å². The molecule has 4 rings (SSSR count). The van der Waals surface area contributed by atoms with Crippen molar-refractivity contribution < 1.29 is 22.4 Å². The molecule has 1 amide bonds. The van der Waals surface area contributed by atoms with Crippen LogP contribution in [0, 0.1) is 0 Å². The smallest absolute Gasteiger partial charge is 0.272 e. The fourth-order valence-corrected chi connectivity index (χ4v) is 5.07. The molecule has 1 saturated heterocycles. The fraction of sp³-hybridized carbons (Fsp3) is 0.300. The van der Waals surface area contributed by atoms with Gasteiger partial charge in [0.2, 0.25) is 0 Å². The van der Waals surface area contributed by atoms with Crippen molar-refractivity contribution in [2.24, 2.45) is 0 Å². The van der Waals surface area contributed by atoms with Gasteiger partial charge in [0.1, 0.15) is 11.4 Å². The predicted octanol–water partition coefficient (Wildman–Crippen LogP) is 2.44. The molecule has 1 unspecified atom stereocenters. The van der Waals surface area contributed by atoms with Crippen LogP contribution in [0.2, 0.25) is 0 Å². The molecule has 0 spiro atoms. The average molecular weight is 415 g/mol. The topological polar surface area (TPSA) is 103 Å². The molecule has 152 valence electrons. The summed E-state index contributed by atoms with van der Waals surface area (Å²) in [5.74, 6) is 1.07. The highest BCUT2D eigenvalue weighted by Crippen LogP contribution is 2.30. The Bertz CT molecular complexity index is 1100. The van der Waals surface area contributed by atoms with Crippen LogP contribution in [0.25, 0.3) is 11.5 Å². The Hall–Kier alpha value is -3.07. The van der Waals surface area contributed by atoms with E-state index >= 15 is 0 Å². The first-order chi connectivity index (χ1) is 13.9. The van der Waals surface area contributed by atoms with E-state index in [0.29, 0.717) is 24.4 Å². The van der Waals surface area contributed by atoms with Gasteiger partial charge >= 0.3 is 0 Å². The number of hydrogen-bond donors (Lipinski definition) is 1. The minimum Gasteiger partial charge on any atom is -0.497 e. The normalized spacial score (nSPS) is 17.9. The van der Waals surface area contributed by atoms with Crippen LogP contribution in [0.15, 0.2) is 53.1 Å². The van der Waals surface area contributed by atoms with E-state index in [1.54, 1.807) is 30.0 Å². The third-order valence-electron chi connectivity index (χ3n) is 4.91. The van der Waals surface area contributed by atoms with E-state index in [4.69, 9.17) is 9.15 Å². The molecule has 29 heavy (non-hydrogen) atoms. The standard InChI is InChI=1S/C20H21N3O5S/c1-27-16-6-4-14(5-7-16)12-21-20(24)17-11-18(19-3-2-9-28-19)23(22-17)15-8-10-29(25,26)13-15/h2-7,9,11,15H,8,10,12-13H2,1H3,(H,21,24). The molecular formula is C20H21N3O5S. The number of nitrogens with one attached hydrogen (secondary N) is 1. The zero-order chi connectivity index (χ0) is 20.4. The molecular weight excluding hydrogens is 394 g/mol. The van der Waals surface area contributed by atoms with Gasteiger partial charge in [-0.3, -0.25) is 9.48 Å². The molecule has 8 nitrogen and oxygen atoms in total. The first-order valence-corrected chi connectivity index (χ1v) is 11.0. The summed E-state index contributed by atoms with van der Waals surface area (Å²) in [5, 5.41) is 7.25. The van der Waals surface area contributed by atoms with Crippen molar-refractivity contribution in [1.82, 2.24) is 15.1 Å². The summed E-state index contributed by atoms with van der Waals surface area (Å²) in [6.07, 6.45) is 1.99. The van der Waals surface area contributed by atoms with E-state index in [1.165, 1.54) is 6.26 Å². The highest BCUT2D eigenvalue weighted by molar-refractivity contribution is 7.91. The number of ether oxygens (including phenoxy) is 1. The van der Waals surface area contributed by atoms with E-state index in [9.17, 15) is 13.2 Å². The van der Waals surface area contributed by atoms with Crippen LogP contribution in [0.5, 0.6) is 5.75 Å². The molecule has 1 aromatic carbocycles. The number of methoxy groups -OCH3 is 1. The maximum absolute atomic E-state index is 12.7. The third kappa shape index (κ3) is 4.19. The highest BCUT2D eigenvalue weighted by Gasteiger charge is 2.32. The third-order valence-corrected chi connectivity index (χ3v) is 6.66. The van der Waals surface area contributed by atoms with E-state index in [1.807, 2.05) is 24.3 Å². The molecule has 1 aliphatic rings. The Kier molecular flexibility index (Phi) is 5.14. The number of carbonyl (C=O) groups excluding carboxylic acids is 1. The second-order valence-corrected chi connectivity index (χ2v) is 9.15. The van der Waals surface area contributed by atoms with E-state index < -0.39 is 9.84 Å². The molecule has 1 N–H and O–H groups in total. The van der Waals surface area contributed by atoms with Crippen molar-refractivity contribution in [2.45, 2.75) is 19.0 Å². The summed E-state index contributed by atoms with van der Waals surface area (Å²) in [7, 11) is -1.50. The van der Waals surface area contributed by atoms with Gasteiger partial charge in [0.05, 0.1) is 30.9 Å². The van der Waals surface area contributed by atoms with E-state index in [0.717, 1.165) is 11.3 Å². The van der Waals surface area contributed by atoms with Gasteiger partial charge in [-0.25, -0.2) is 8.42 Å². The van der Waals surface area contributed by atoms with Crippen molar-refractivity contribution >= 4 is 15.7 Å². The summed E-state index contributed by atoms with van der Waals surface area (Å²) < 4.78 is 36.0. The lowest BCUT2D eigenvalue weighted by molar-refractivity contribution is 0.0945. The Balaban J connectivity index is 1.55. The molecule has 0 aliphatic carbocycles. The molecule has 2 aromatic heterocycles. The van der Waals surface area contributed by atoms with Gasteiger partial charge in [0, 0.05) is 12.6 Å². The molecule has 0 bridgehead atoms. The Morgan fingerprint density at radius 2 is 2.10 bits per heavy atom. The lowest BCUT2D eigenvalue weighted by atomic mass is 10.2. The minimum atomic E-state index is -3.09. The van der Waals surface area contributed by atoms with Crippen molar-refractivity contribution in [3.05, 3.63) is 60.0 Å². The maximum atomic E-state index is 12.7.